The topological polar surface area (TPSA) is 91.1 Å². The van der Waals surface area contributed by atoms with E-state index >= 15 is 0 Å². The maximum absolute atomic E-state index is 10.2. The molecule has 0 aromatic carbocycles. The minimum atomic E-state index is -0.228. The third kappa shape index (κ3) is 3.00. The van der Waals surface area contributed by atoms with Gasteiger partial charge in [-0.1, -0.05) is 6.92 Å². The second-order valence-corrected chi connectivity index (χ2v) is 6.80. The maximum Gasteiger partial charge on any atom is 0.151 e. The number of aliphatic hydroxyl groups is 1. The Bertz CT molecular complexity index is 616. The van der Waals surface area contributed by atoms with Crippen LogP contribution in [0.15, 0.2) is 12.5 Å². The van der Waals surface area contributed by atoms with Crippen molar-refractivity contribution in [3.8, 4) is 0 Å². The van der Waals surface area contributed by atoms with Gasteiger partial charge in [0.2, 0.25) is 0 Å². The third-order valence-corrected chi connectivity index (χ3v) is 5.06. The van der Waals surface area contributed by atoms with Crippen LogP contribution in [0.3, 0.4) is 0 Å². The van der Waals surface area contributed by atoms with E-state index in [4.69, 9.17) is 5.73 Å². The number of hydrogen-bond donors (Lipinski definition) is 3. The van der Waals surface area contributed by atoms with Crippen LogP contribution >= 0.6 is 11.8 Å². The zero-order valence-electron chi connectivity index (χ0n) is 12.1. The van der Waals surface area contributed by atoms with Crippen molar-refractivity contribution in [3.05, 3.63) is 18.1 Å². The number of aliphatic hydroxyl groups excluding tert-OH is 1. The molecule has 4 N–H and O–H groups in total. The highest BCUT2D eigenvalue weighted by molar-refractivity contribution is 7.99. The van der Waals surface area contributed by atoms with E-state index in [0.717, 1.165) is 47.7 Å². The molecule has 0 aliphatic carbocycles. The van der Waals surface area contributed by atoms with Crippen LogP contribution < -0.4 is 5.73 Å². The van der Waals surface area contributed by atoms with Crippen molar-refractivity contribution in [1.82, 2.24) is 19.9 Å². The SMILES string of the molecule is CCSC[C@H]1CN(Cc2c[nH]c3c(N)ncnc23)C[C@H]1O. The summed E-state index contributed by atoms with van der Waals surface area (Å²) < 4.78 is 0. The quantitative estimate of drug-likeness (QED) is 0.766. The van der Waals surface area contributed by atoms with Crippen LogP contribution in [0.2, 0.25) is 0 Å². The standard InChI is InChI=1S/C14H21N5OS/c1-2-21-7-10-5-19(6-11(10)20)4-9-3-16-13-12(9)17-8-18-14(13)15/h3,8,10-11,16,20H,2,4-7H2,1H3,(H2,15,17,18)/t10-,11-/m1/s1. The number of nitrogens with zero attached hydrogens (tertiary/aromatic N) is 3. The lowest BCUT2D eigenvalue weighted by atomic mass is 10.1. The Morgan fingerprint density at radius 2 is 2.33 bits per heavy atom. The largest absolute Gasteiger partial charge is 0.391 e. The molecule has 2 atom stereocenters. The molecular formula is C14H21N5OS. The van der Waals surface area contributed by atoms with Crippen LogP contribution in [0.5, 0.6) is 0 Å². The maximum atomic E-state index is 10.2. The van der Waals surface area contributed by atoms with E-state index in [1.165, 1.54) is 6.33 Å². The minimum absolute atomic E-state index is 0.228. The number of nitrogens with two attached hydrogens (primary N) is 1. The molecule has 21 heavy (non-hydrogen) atoms. The molecule has 7 heteroatoms. The van der Waals surface area contributed by atoms with Gasteiger partial charge in [-0.15, -0.1) is 0 Å². The minimum Gasteiger partial charge on any atom is -0.391 e. The number of rotatable bonds is 5. The van der Waals surface area contributed by atoms with Crippen LogP contribution in [0.1, 0.15) is 12.5 Å². The summed E-state index contributed by atoms with van der Waals surface area (Å²) in [4.78, 5) is 13.7. The fourth-order valence-corrected chi connectivity index (χ4v) is 3.74. The van der Waals surface area contributed by atoms with Crippen LogP contribution in [0.4, 0.5) is 5.82 Å². The number of anilines is 1. The zero-order chi connectivity index (χ0) is 14.8. The van der Waals surface area contributed by atoms with Crippen molar-refractivity contribution in [2.75, 3.05) is 30.3 Å². The van der Waals surface area contributed by atoms with Crippen molar-refractivity contribution < 1.29 is 5.11 Å². The van der Waals surface area contributed by atoms with Gasteiger partial charge < -0.3 is 15.8 Å². The van der Waals surface area contributed by atoms with Gasteiger partial charge in [0.15, 0.2) is 5.82 Å². The summed E-state index contributed by atoms with van der Waals surface area (Å²) >= 11 is 1.89. The Morgan fingerprint density at radius 3 is 3.14 bits per heavy atom. The predicted octanol–water partition coefficient (Wildman–Crippen LogP) is 1.09. The number of H-pyrrole nitrogens is 1. The molecule has 0 spiro atoms. The van der Waals surface area contributed by atoms with Crippen LogP contribution in [0, 0.1) is 5.92 Å². The molecule has 0 radical (unpaired) electrons. The van der Waals surface area contributed by atoms with E-state index in [1.807, 2.05) is 18.0 Å². The molecule has 114 valence electrons. The van der Waals surface area contributed by atoms with Crippen LogP contribution in [-0.2, 0) is 6.54 Å². The van der Waals surface area contributed by atoms with Crippen molar-refractivity contribution in [3.63, 3.8) is 0 Å². The van der Waals surface area contributed by atoms with Gasteiger partial charge in [-0.3, -0.25) is 4.90 Å². The van der Waals surface area contributed by atoms with Crippen LogP contribution in [-0.4, -0.2) is 55.7 Å². The molecule has 1 fully saturated rings. The third-order valence-electron chi connectivity index (χ3n) is 3.98. The van der Waals surface area contributed by atoms with E-state index < -0.39 is 0 Å². The molecule has 0 amide bonds. The lowest BCUT2D eigenvalue weighted by Gasteiger charge is -2.14. The molecule has 3 heterocycles. The van der Waals surface area contributed by atoms with Gasteiger partial charge >= 0.3 is 0 Å². The second kappa shape index (κ2) is 6.21. The number of nitrogen functional groups attached to an aromatic ring is 1. The van der Waals surface area contributed by atoms with Crippen molar-refractivity contribution in [2.45, 2.75) is 19.6 Å². The molecule has 6 nitrogen and oxygen atoms in total. The summed E-state index contributed by atoms with van der Waals surface area (Å²) in [5.41, 5.74) is 8.62. The van der Waals surface area contributed by atoms with Gasteiger partial charge in [0.25, 0.3) is 0 Å². The van der Waals surface area contributed by atoms with Gasteiger partial charge in [-0.2, -0.15) is 11.8 Å². The summed E-state index contributed by atoms with van der Waals surface area (Å²) in [5.74, 6) is 2.96. The van der Waals surface area contributed by atoms with E-state index in [2.05, 4.69) is 26.8 Å². The summed E-state index contributed by atoms with van der Waals surface area (Å²) in [6.07, 6.45) is 3.21. The number of hydrogen-bond acceptors (Lipinski definition) is 6. The van der Waals surface area contributed by atoms with Crippen molar-refractivity contribution in [1.29, 1.82) is 0 Å². The Hall–Kier alpha value is -1.31. The lowest BCUT2D eigenvalue weighted by Crippen LogP contribution is -2.21. The predicted molar refractivity (Wildman–Crippen MR) is 86.1 cm³/mol. The van der Waals surface area contributed by atoms with Gasteiger partial charge in [0.05, 0.1) is 11.6 Å². The second-order valence-electron chi connectivity index (χ2n) is 5.48. The van der Waals surface area contributed by atoms with Crippen molar-refractivity contribution >= 4 is 28.6 Å². The number of β-amino-alcohol motifs (C(OH)–C–C–N with tert-alkyl or cyclic N) is 1. The normalized spacial score (nSPS) is 23.1. The number of likely N-dealkylation sites (tertiary alicyclic amines) is 1. The Kier molecular flexibility index (Phi) is 4.32. The fourth-order valence-electron chi connectivity index (χ4n) is 2.88. The summed E-state index contributed by atoms with van der Waals surface area (Å²) in [6.45, 7) is 4.59. The fraction of sp³-hybridized carbons (Fsp3) is 0.571. The first-order valence-corrected chi connectivity index (χ1v) is 8.39. The van der Waals surface area contributed by atoms with E-state index in [9.17, 15) is 5.11 Å². The highest BCUT2D eigenvalue weighted by Crippen LogP contribution is 2.25. The molecule has 0 bridgehead atoms. The summed E-state index contributed by atoms with van der Waals surface area (Å²) in [7, 11) is 0. The highest BCUT2D eigenvalue weighted by atomic mass is 32.2. The molecule has 2 aromatic heterocycles. The van der Waals surface area contributed by atoms with Gasteiger partial charge in [-0.05, 0) is 11.5 Å². The molecule has 1 aliphatic heterocycles. The number of nitrogens with one attached hydrogen (secondary N) is 1. The monoisotopic (exact) mass is 307 g/mol. The van der Waals surface area contributed by atoms with Crippen molar-refractivity contribution in [2.24, 2.45) is 5.92 Å². The lowest BCUT2D eigenvalue weighted by molar-refractivity contribution is 0.149. The molecule has 0 unspecified atom stereocenters. The number of aromatic nitrogens is 3. The smallest absolute Gasteiger partial charge is 0.151 e. The summed E-state index contributed by atoms with van der Waals surface area (Å²) in [5, 5.41) is 10.2. The first kappa shape index (κ1) is 14.6. The molecule has 1 aliphatic rings. The molecular weight excluding hydrogens is 286 g/mol. The van der Waals surface area contributed by atoms with E-state index in [-0.39, 0.29) is 6.10 Å². The van der Waals surface area contributed by atoms with Gasteiger partial charge in [0.1, 0.15) is 11.8 Å². The molecule has 1 saturated heterocycles. The Balaban J connectivity index is 1.70. The Labute approximate surface area is 128 Å². The average Bonchev–Trinajstić information content (AvgIpc) is 3.02. The summed E-state index contributed by atoms with van der Waals surface area (Å²) in [6, 6.07) is 0. The zero-order valence-corrected chi connectivity index (χ0v) is 12.9. The van der Waals surface area contributed by atoms with Crippen LogP contribution in [0.25, 0.3) is 11.0 Å². The number of thioether (sulfide) groups is 1. The Morgan fingerprint density at radius 1 is 1.48 bits per heavy atom. The number of fused-ring (bicyclic) bond motifs is 1. The first-order valence-electron chi connectivity index (χ1n) is 7.23. The van der Waals surface area contributed by atoms with E-state index in [1.54, 1.807) is 0 Å². The highest BCUT2D eigenvalue weighted by Gasteiger charge is 2.31. The molecule has 3 rings (SSSR count). The van der Waals surface area contributed by atoms with Gasteiger partial charge in [-0.25, -0.2) is 9.97 Å². The number of aromatic amines is 1. The molecule has 0 saturated carbocycles. The van der Waals surface area contributed by atoms with E-state index in [0.29, 0.717) is 11.7 Å². The molecule has 2 aromatic rings. The first-order chi connectivity index (χ1) is 10.2. The van der Waals surface area contributed by atoms with Gasteiger partial charge in [0, 0.05) is 37.3 Å². The average molecular weight is 307 g/mol.